The van der Waals surface area contributed by atoms with Crippen LogP contribution in [-0.2, 0) is 6.67 Å². The molecular formula is C18H22F2N2O. The molecule has 0 aliphatic carbocycles. The highest BCUT2D eigenvalue weighted by molar-refractivity contribution is 5.87. The third-order valence-corrected chi connectivity index (χ3v) is 4.50. The number of alkyl halides is 1. The third-order valence-electron chi connectivity index (χ3n) is 4.50. The zero-order valence-electron chi connectivity index (χ0n) is 13.6. The summed E-state index contributed by atoms with van der Waals surface area (Å²) in [6.07, 6.45) is 1.88. The van der Waals surface area contributed by atoms with Gasteiger partial charge in [0.15, 0.2) is 0 Å². The number of ether oxygens (including phenoxy) is 1. The molecule has 3 nitrogen and oxygen atoms in total. The van der Waals surface area contributed by atoms with Gasteiger partial charge in [-0.2, -0.15) is 4.39 Å². The molecule has 124 valence electrons. The molecule has 1 aromatic heterocycles. The molecule has 1 saturated heterocycles. The van der Waals surface area contributed by atoms with Crippen molar-refractivity contribution in [2.45, 2.75) is 45.5 Å². The molecule has 0 radical (unpaired) electrons. The van der Waals surface area contributed by atoms with Gasteiger partial charge in [-0.25, -0.2) is 9.37 Å². The second-order valence-electron chi connectivity index (χ2n) is 6.34. The van der Waals surface area contributed by atoms with E-state index in [1.54, 1.807) is 18.2 Å². The Kier molecular flexibility index (Phi) is 4.76. The Morgan fingerprint density at radius 2 is 2.04 bits per heavy atom. The van der Waals surface area contributed by atoms with E-state index in [9.17, 15) is 8.78 Å². The standard InChI is InChI=1S/C18H22F2N2O/c1-12(2)22-8-6-14(7-9-22)23-16-10-17(20)21-18-13(11-19)4-3-5-15(16)18/h3-5,10,12,14H,6-9,11H2,1-2H3. The fourth-order valence-electron chi connectivity index (χ4n) is 3.14. The smallest absolute Gasteiger partial charge is 0.217 e. The quantitative estimate of drug-likeness (QED) is 0.793. The third kappa shape index (κ3) is 3.44. The zero-order valence-corrected chi connectivity index (χ0v) is 13.6. The van der Waals surface area contributed by atoms with Gasteiger partial charge in [-0.05, 0) is 32.8 Å². The molecular weight excluding hydrogens is 298 g/mol. The SMILES string of the molecule is CC(C)N1CCC(Oc2cc(F)nc3c(CF)cccc23)CC1. The molecule has 1 aliphatic heterocycles. The number of benzene rings is 1. The summed E-state index contributed by atoms with van der Waals surface area (Å²) in [6.45, 7) is 5.66. The second kappa shape index (κ2) is 6.79. The monoisotopic (exact) mass is 320 g/mol. The maximum absolute atomic E-state index is 13.8. The normalized spacial score (nSPS) is 17.1. The minimum Gasteiger partial charge on any atom is -0.489 e. The van der Waals surface area contributed by atoms with E-state index in [-0.39, 0.29) is 6.10 Å². The molecule has 0 amide bonds. The van der Waals surface area contributed by atoms with E-state index in [2.05, 4.69) is 23.7 Å². The summed E-state index contributed by atoms with van der Waals surface area (Å²) in [6, 6.07) is 7.02. The maximum atomic E-state index is 13.8. The van der Waals surface area contributed by atoms with E-state index >= 15 is 0 Å². The van der Waals surface area contributed by atoms with E-state index in [0.29, 0.717) is 28.3 Å². The number of rotatable bonds is 4. The fraction of sp³-hybridized carbons (Fsp3) is 0.500. The van der Waals surface area contributed by atoms with Crippen molar-refractivity contribution < 1.29 is 13.5 Å². The van der Waals surface area contributed by atoms with Crippen LogP contribution in [0.5, 0.6) is 5.75 Å². The lowest BCUT2D eigenvalue weighted by atomic mass is 10.1. The molecule has 1 fully saturated rings. The van der Waals surface area contributed by atoms with Crippen molar-refractivity contribution in [1.82, 2.24) is 9.88 Å². The summed E-state index contributed by atoms with van der Waals surface area (Å²) in [5.74, 6) is -0.168. The molecule has 0 spiro atoms. The van der Waals surface area contributed by atoms with Gasteiger partial charge >= 0.3 is 0 Å². The van der Waals surface area contributed by atoms with Crippen LogP contribution in [-0.4, -0.2) is 35.1 Å². The Balaban J connectivity index is 1.83. The predicted octanol–water partition coefficient (Wildman–Crippen LogP) is 4.10. The Morgan fingerprint density at radius 1 is 1.30 bits per heavy atom. The van der Waals surface area contributed by atoms with Crippen LogP contribution in [0, 0.1) is 5.95 Å². The van der Waals surface area contributed by atoms with Gasteiger partial charge in [0.25, 0.3) is 0 Å². The number of fused-ring (bicyclic) bond motifs is 1. The summed E-state index contributed by atoms with van der Waals surface area (Å²) < 4.78 is 32.9. The van der Waals surface area contributed by atoms with Crippen molar-refractivity contribution in [1.29, 1.82) is 0 Å². The number of piperidine rings is 1. The van der Waals surface area contributed by atoms with Gasteiger partial charge in [0, 0.05) is 36.1 Å². The molecule has 0 atom stereocenters. The van der Waals surface area contributed by atoms with Gasteiger partial charge in [-0.3, -0.25) is 0 Å². The molecule has 0 N–H and O–H groups in total. The second-order valence-corrected chi connectivity index (χ2v) is 6.34. The Hall–Kier alpha value is -1.75. The highest BCUT2D eigenvalue weighted by Crippen LogP contribution is 2.30. The molecule has 0 unspecified atom stereocenters. The lowest BCUT2D eigenvalue weighted by Crippen LogP contribution is -2.41. The van der Waals surface area contributed by atoms with Crippen LogP contribution in [0.25, 0.3) is 10.9 Å². The molecule has 23 heavy (non-hydrogen) atoms. The van der Waals surface area contributed by atoms with Gasteiger partial charge in [0.05, 0.1) is 5.52 Å². The van der Waals surface area contributed by atoms with E-state index in [0.717, 1.165) is 25.9 Å². The first-order valence-corrected chi connectivity index (χ1v) is 8.13. The van der Waals surface area contributed by atoms with Crippen LogP contribution >= 0.6 is 0 Å². The molecule has 2 heterocycles. The van der Waals surface area contributed by atoms with Crippen LogP contribution in [0.3, 0.4) is 0 Å². The molecule has 3 rings (SSSR count). The molecule has 5 heteroatoms. The van der Waals surface area contributed by atoms with Crippen molar-refractivity contribution in [3.05, 3.63) is 35.8 Å². The van der Waals surface area contributed by atoms with Gasteiger partial charge in [0.2, 0.25) is 5.95 Å². The Morgan fingerprint density at radius 3 is 2.70 bits per heavy atom. The molecule has 2 aromatic rings. The highest BCUT2D eigenvalue weighted by Gasteiger charge is 2.23. The first kappa shape index (κ1) is 16.1. The van der Waals surface area contributed by atoms with Crippen molar-refractivity contribution in [2.75, 3.05) is 13.1 Å². The number of para-hydroxylation sites is 1. The number of pyridine rings is 1. The van der Waals surface area contributed by atoms with Crippen LogP contribution in [0.1, 0.15) is 32.3 Å². The van der Waals surface area contributed by atoms with E-state index in [1.807, 2.05) is 0 Å². The lowest BCUT2D eigenvalue weighted by Gasteiger charge is -2.34. The lowest BCUT2D eigenvalue weighted by molar-refractivity contribution is 0.0850. The van der Waals surface area contributed by atoms with E-state index in [4.69, 9.17) is 4.74 Å². The first-order chi connectivity index (χ1) is 11.1. The number of hydrogen-bond acceptors (Lipinski definition) is 3. The van der Waals surface area contributed by atoms with Gasteiger partial charge in [-0.1, -0.05) is 12.1 Å². The van der Waals surface area contributed by atoms with Gasteiger partial charge in [-0.15, -0.1) is 0 Å². The largest absolute Gasteiger partial charge is 0.489 e. The number of hydrogen-bond donors (Lipinski definition) is 0. The van der Waals surface area contributed by atoms with Gasteiger partial charge < -0.3 is 9.64 Å². The van der Waals surface area contributed by atoms with Crippen LogP contribution in [0.2, 0.25) is 0 Å². The summed E-state index contributed by atoms with van der Waals surface area (Å²) >= 11 is 0. The van der Waals surface area contributed by atoms with Crippen molar-refractivity contribution in [3.63, 3.8) is 0 Å². The minimum atomic E-state index is -0.667. The molecule has 0 saturated carbocycles. The maximum Gasteiger partial charge on any atom is 0.217 e. The number of likely N-dealkylation sites (tertiary alicyclic amines) is 1. The molecule has 1 aromatic carbocycles. The fourth-order valence-corrected chi connectivity index (χ4v) is 3.14. The minimum absolute atomic E-state index is 0.0593. The summed E-state index contributed by atoms with van der Waals surface area (Å²) in [5, 5.41) is 0.674. The summed E-state index contributed by atoms with van der Waals surface area (Å²) in [7, 11) is 0. The van der Waals surface area contributed by atoms with Crippen molar-refractivity contribution in [2.24, 2.45) is 0 Å². The van der Waals surface area contributed by atoms with Crippen molar-refractivity contribution in [3.8, 4) is 5.75 Å². The highest BCUT2D eigenvalue weighted by atomic mass is 19.1. The Bertz CT molecular complexity index is 682. The topological polar surface area (TPSA) is 25.4 Å². The van der Waals surface area contributed by atoms with E-state index < -0.39 is 12.6 Å². The number of nitrogens with zero attached hydrogens (tertiary/aromatic N) is 2. The average Bonchev–Trinajstić information content (AvgIpc) is 2.54. The zero-order chi connectivity index (χ0) is 16.4. The number of aromatic nitrogens is 1. The molecule has 1 aliphatic rings. The van der Waals surface area contributed by atoms with Crippen LogP contribution in [0.15, 0.2) is 24.3 Å². The van der Waals surface area contributed by atoms with Crippen LogP contribution in [0.4, 0.5) is 8.78 Å². The Labute approximate surface area is 135 Å². The van der Waals surface area contributed by atoms with E-state index in [1.165, 1.54) is 6.07 Å². The van der Waals surface area contributed by atoms with Crippen LogP contribution < -0.4 is 4.74 Å². The van der Waals surface area contributed by atoms with Gasteiger partial charge in [0.1, 0.15) is 18.5 Å². The summed E-state index contributed by atoms with van der Waals surface area (Å²) in [4.78, 5) is 6.25. The first-order valence-electron chi connectivity index (χ1n) is 8.13. The summed E-state index contributed by atoms with van der Waals surface area (Å²) in [5.41, 5.74) is 0.742. The molecule has 0 bridgehead atoms. The van der Waals surface area contributed by atoms with Crippen molar-refractivity contribution >= 4 is 10.9 Å². The number of halogens is 2. The average molecular weight is 320 g/mol. The predicted molar refractivity (Wildman–Crippen MR) is 86.9 cm³/mol.